The van der Waals surface area contributed by atoms with Gasteiger partial charge in [0.1, 0.15) is 0 Å². The van der Waals surface area contributed by atoms with Gasteiger partial charge in [0.25, 0.3) is 0 Å². The lowest BCUT2D eigenvalue weighted by Gasteiger charge is -2.44. The summed E-state index contributed by atoms with van der Waals surface area (Å²) in [6.45, 7) is 9.94. The molecular formula is C13H26N2. The van der Waals surface area contributed by atoms with Crippen LogP contribution in [0.25, 0.3) is 0 Å². The van der Waals surface area contributed by atoms with E-state index in [0.717, 1.165) is 5.92 Å². The van der Waals surface area contributed by atoms with E-state index in [1.54, 1.807) is 0 Å². The molecular weight excluding hydrogens is 184 g/mol. The van der Waals surface area contributed by atoms with Crippen LogP contribution in [0, 0.1) is 5.92 Å². The molecule has 0 aromatic rings. The van der Waals surface area contributed by atoms with Crippen LogP contribution in [0.2, 0.25) is 0 Å². The van der Waals surface area contributed by atoms with Crippen LogP contribution in [-0.2, 0) is 0 Å². The second-order valence-corrected chi connectivity index (χ2v) is 5.68. The molecule has 2 aliphatic rings. The lowest BCUT2D eigenvalue weighted by atomic mass is 9.79. The summed E-state index contributed by atoms with van der Waals surface area (Å²) in [6, 6.07) is 0. The van der Waals surface area contributed by atoms with Gasteiger partial charge in [0, 0.05) is 12.1 Å². The Labute approximate surface area is 94.4 Å². The van der Waals surface area contributed by atoms with Gasteiger partial charge in [-0.3, -0.25) is 0 Å². The third-order valence-electron chi connectivity index (χ3n) is 4.34. The number of likely N-dealkylation sites (tertiary alicyclic amines) is 1. The van der Waals surface area contributed by atoms with Gasteiger partial charge >= 0.3 is 0 Å². The van der Waals surface area contributed by atoms with Gasteiger partial charge in [-0.05, 0) is 51.2 Å². The van der Waals surface area contributed by atoms with Gasteiger partial charge in [-0.25, -0.2) is 0 Å². The highest BCUT2D eigenvalue weighted by atomic mass is 15.2. The summed E-state index contributed by atoms with van der Waals surface area (Å²) in [5, 5.41) is 3.82. The number of nitrogens with zero attached hydrogens (tertiary/aromatic N) is 1. The van der Waals surface area contributed by atoms with E-state index < -0.39 is 0 Å². The molecule has 0 saturated carbocycles. The predicted octanol–water partition coefficient (Wildman–Crippen LogP) is 2.25. The first kappa shape index (κ1) is 11.4. The molecule has 2 heterocycles. The molecule has 0 bridgehead atoms. The first-order chi connectivity index (χ1) is 7.23. The third kappa shape index (κ3) is 2.54. The summed E-state index contributed by atoms with van der Waals surface area (Å²) in [6.07, 6.45) is 6.98. The minimum atomic E-state index is 0.419. The van der Waals surface area contributed by atoms with Crippen molar-refractivity contribution in [1.82, 2.24) is 10.2 Å². The summed E-state index contributed by atoms with van der Waals surface area (Å²) in [5.41, 5.74) is 0.419. The Balaban J connectivity index is 1.97. The van der Waals surface area contributed by atoms with Crippen molar-refractivity contribution in [2.45, 2.75) is 51.5 Å². The van der Waals surface area contributed by atoms with Crippen molar-refractivity contribution in [3.8, 4) is 0 Å². The van der Waals surface area contributed by atoms with Gasteiger partial charge in [-0.1, -0.05) is 20.3 Å². The molecule has 15 heavy (non-hydrogen) atoms. The van der Waals surface area contributed by atoms with Crippen molar-refractivity contribution < 1.29 is 0 Å². The molecule has 2 aliphatic heterocycles. The molecule has 1 atom stereocenters. The fraction of sp³-hybridized carbons (Fsp3) is 1.00. The molecule has 0 aliphatic carbocycles. The van der Waals surface area contributed by atoms with Crippen LogP contribution in [-0.4, -0.2) is 36.6 Å². The Bertz CT molecular complexity index is 189. The Morgan fingerprint density at radius 2 is 1.87 bits per heavy atom. The topological polar surface area (TPSA) is 15.3 Å². The molecule has 0 amide bonds. The van der Waals surface area contributed by atoms with E-state index in [0.29, 0.717) is 5.54 Å². The fourth-order valence-corrected chi connectivity index (χ4v) is 3.14. The highest BCUT2D eigenvalue weighted by Gasteiger charge is 2.36. The standard InChI is InChI=1S/C13H26N2/c1-12(2)13(7-3-4-8-14-13)11-15-9-5-6-10-15/h12,14H,3-11H2,1-2H3. The smallest absolute Gasteiger partial charge is 0.0331 e. The average Bonchev–Trinajstić information content (AvgIpc) is 2.71. The maximum atomic E-state index is 3.82. The molecule has 0 spiro atoms. The van der Waals surface area contributed by atoms with Crippen LogP contribution < -0.4 is 5.32 Å². The molecule has 1 unspecified atom stereocenters. The quantitative estimate of drug-likeness (QED) is 0.768. The summed E-state index contributed by atoms with van der Waals surface area (Å²) in [5.74, 6) is 0.762. The molecule has 2 nitrogen and oxygen atoms in total. The van der Waals surface area contributed by atoms with Crippen molar-refractivity contribution in [1.29, 1.82) is 0 Å². The zero-order chi connectivity index (χ0) is 10.7. The third-order valence-corrected chi connectivity index (χ3v) is 4.34. The maximum Gasteiger partial charge on any atom is 0.0331 e. The molecule has 2 rings (SSSR count). The van der Waals surface area contributed by atoms with Gasteiger partial charge in [-0.15, -0.1) is 0 Å². The first-order valence-electron chi connectivity index (χ1n) is 6.70. The zero-order valence-electron chi connectivity index (χ0n) is 10.4. The van der Waals surface area contributed by atoms with Crippen LogP contribution in [0.1, 0.15) is 46.0 Å². The number of hydrogen-bond donors (Lipinski definition) is 1. The minimum Gasteiger partial charge on any atom is -0.310 e. The van der Waals surface area contributed by atoms with Crippen molar-refractivity contribution in [2.75, 3.05) is 26.2 Å². The van der Waals surface area contributed by atoms with E-state index >= 15 is 0 Å². The largest absolute Gasteiger partial charge is 0.310 e. The van der Waals surface area contributed by atoms with Crippen molar-refractivity contribution in [3.05, 3.63) is 0 Å². The van der Waals surface area contributed by atoms with E-state index in [9.17, 15) is 0 Å². The van der Waals surface area contributed by atoms with Gasteiger partial charge in [0.15, 0.2) is 0 Å². The van der Waals surface area contributed by atoms with Crippen molar-refractivity contribution in [2.24, 2.45) is 5.92 Å². The van der Waals surface area contributed by atoms with E-state index in [1.165, 1.54) is 58.3 Å². The highest BCUT2D eigenvalue weighted by Crippen LogP contribution is 2.29. The van der Waals surface area contributed by atoms with E-state index in [-0.39, 0.29) is 0 Å². The molecule has 0 aromatic carbocycles. The number of nitrogens with one attached hydrogen (secondary N) is 1. The van der Waals surface area contributed by atoms with Crippen LogP contribution in [0.15, 0.2) is 0 Å². The van der Waals surface area contributed by atoms with Gasteiger partial charge in [-0.2, -0.15) is 0 Å². The van der Waals surface area contributed by atoms with Gasteiger partial charge < -0.3 is 10.2 Å². The normalized spacial score (nSPS) is 33.8. The predicted molar refractivity (Wildman–Crippen MR) is 65.1 cm³/mol. The van der Waals surface area contributed by atoms with E-state index in [2.05, 4.69) is 24.1 Å². The first-order valence-corrected chi connectivity index (χ1v) is 6.70. The van der Waals surface area contributed by atoms with E-state index in [4.69, 9.17) is 0 Å². The molecule has 2 heteroatoms. The van der Waals surface area contributed by atoms with Crippen molar-refractivity contribution in [3.63, 3.8) is 0 Å². The summed E-state index contributed by atoms with van der Waals surface area (Å²) >= 11 is 0. The van der Waals surface area contributed by atoms with Gasteiger partial charge in [0.05, 0.1) is 0 Å². The average molecular weight is 210 g/mol. The lowest BCUT2D eigenvalue weighted by molar-refractivity contribution is 0.124. The monoisotopic (exact) mass is 210 g/mol. The summed E-state index contributed by atoms with van der Waals surface area (Å²) < 4.78 is 0. The second kappa shape index (κ2) is 4.84. The minimum absolute atomic E-state index is 0.419. The SMILES string of the molecule is CC(C)C1(CN2CCCC2)CCCCN1. The lowest BCUT2D eigenvalue weighted by Crippen LogP contribution is -2.58. The Kier molecular flexibility index (Phi) is 3.68. The van der Waals surface area contributed by atoms with Crippen LogP contribution in [0.5, 0.6) is 0 Å². The maximum absolute atomic E-state index is 3.82. The molecule has 2 saturated heterocycles. The Morgan fingerprint density at radius 1 is 1.13 bits per heavy atom. The summed E-state index contributed by atoms with van der Waals surface area (Å²) in [4.78, 5) is 2.66. The molecule has 0 radical (unpaired) electrons. The Morgan fingerprint density at radius 3 is 2.40 bits per heavy atom. The van der Waals surface area contributed by atoms with Crippen LogP contribution >= 0.6 is 0 Å². The summed E-state index contributed by atoms with van der Waals surface area (Å²) in [7, 11) is 0. The number of rotatable bonds is 3. The number of piperidine rings is 1. The Hall–Kier alpha value is -0.0800. The highest BCUT2D eigenvalue weighted by molar-refractivity contribution is 4.96. The fourth-order valence-electron chi connectivity index (χ4n) is 3.14. The molecule has 2 fully saturated rings. The molecule has 88 valence electrons. The van der Waals surface area contributed by atoms with Gasteiger partial charge in [0.2, 0.25) is 0 Å². The van der Waals surface area contributed by atoms with Crippen LogP contribution in [0.3, 0.4) is 0 Å². The van der Waals surface area contributed by atoms with E-state index in [1.807, 2.05) is 0 Å². The molecule has 0 aromatic heterocycles. The molecule has 1 N–H and O–H groups in total. The zero-order valence-corrected chi connectivity index (χ0v) is 10.4. The van der Waals surface area contributed by atoms with Crippen LogP contribution in [0.4, 0.5) is 0 Å². The second-order valence-electron chi connectivity index (χ2n) is 5.68. The number of hydrogen-bond acceptors (Lipinski definition) is 2. The van der Waals surface area contributed by atoms with Crippen molar-refractivity contribution >= 4 is 0 Å².